The Kier molecular flexibility index (Phi) is 7.30. The Hall–Kier alpha value is -4.57. The van der Waals surface area contributed by atoms with Crippen LogP contribution in [0.1, 0.15) is 23.6 Å². The Morgan fingerprint density at radius 3 is 2.59 bits per heavy atom. The largest absolute Gasteiger partial charge is 0.573 e. The summed E-state index contributed by atoms with van der Waals surface area (Å²) in [7, 11) is 0. The van der Waals surface area contributed by atoms with Gasteiger partial charge in [-0.25, -0.2) is 4.98 Å². The van der Waals surface area contributed by atoms with Gasteiger partial charge in [-0.05, 0) is 66.1 Å². The standard InChI is InChI=1S/C27H23F3N4O3/c1-4-18-6-5-7-21(16(2)3)24(18)33-26(35)34-31-15-17-8-13-23-22(14-17)32-25(36-23)19-9-11-20(12-10-19)37-27(28,29)30/h4-15,26,33-35H,1-2H2,3H3/b31-15+. The highest BCUT2D eigenvalue weighted by Crippen LogP contribution is 2.29. The second kappa shape index (κ2) is 10.6. The van der Waals surface area contributed by atoms with Gasteiger partial charge in [-0.2, -0.15) is 5.10 Å². The number of anilines is 1. The molecule has 4 rings (SSSR count). The van der Waals surface area contributed by atoms with Crippen LogP contribution in [-0.4, -0.2) is 29.0 Å². The number of aromatic nitrogens is 1. The zero-order valence-electron chi connectivity index (χ0n) is 19.7. The molecule has 0 fully saturated rings. The van der Waals surface area contributed by atoms with Crippen molar-refractivity contribution in [2.75, 3.05) is 5.32 Å². The summed E-state index contributed by atoms with van der Waals surface area (Å²) in [5.74, 6) is -0.0894. The highest BCUT2D eigenvalue weighted by Gasteiger charge is 2.31. The van der Waals surface area contributed by atoms with E-state index in [1.54, 1.807) is 24.3 Å². The van der Waals surface area contributed by atoms with E-state index in [1.165, 1.54) is 30.5 Å². The number of aliphatic hydroxyl groups is 1. The minimum Gasteiger partial charge on any atom is -0.436 e. The molecular weight excluding hydrogens is 485 g/mol. The van der Waals surface area contributed by atoms with Crippen LogP contribution in [0.4, 0.5) is 18.9 Å². The smallest absolute Gasteiger partial charge is 0.436 e. The van der Waals surface area contributed by atoms with Crippen molar-refractivity contribution >= 4 is 34.7 Å². The fourth-order valence-electron chi connectivity index (χ4n) is 3.56. The van der Waals surface area contributed by atoms with E-state index < -0.39 is 12.7 Å². The monoisotopic (exact) mass is 508 g/mol. The molecule has 0 bridgehead atoms. The fourth-order valence-corrected chi connectivity index (χ4v) is 3.56. The first kappa shape index (κ1) is 25.5. The maximum atomic E-state index is 12.4. The van der Waals surface area contributed by atoms with Gasteiger partial charge in [0.1, 0.15) is 11.3 Å². The third kappa shape index (κ3) is 6.36. The molecule has 0 aliphatic rings. The molecule has 0 saturated carbocycles. The van der Waals surface area contributed by atoms with Gasteiger partial charge in [0.2, 0.25) is 12.2 Å². The lowest BCUT2D eigenvalue weighted by Gasteiger charge is -2.19. The number of ether oxygens (including phenoxy) is 1. The number of oxazole rings is 1. The summed E-state index contributed by atoms with van der Waals surface area (Å²) in [5.41, 5.74) is 7.95. The number of hydrogen-bond donors (Lipinski definition) is 3. The lowest BCUT2D eigenvalue weighted by Crippen LogP contribution is -2.33. The maximum Gasteiger partial charge on any atom is 0.573 e. The van der Waals surface area contributed by atoms with Crippen molar-refractivity contribution in [1.82, 2.24) is 10.4 Å². The second-order valence-electron chi connectivity index (χ2n) is 8.01. The number of nitrogens with one attached hydrogen (secondary N) is 2. The average molecular weight is 509 g/mol. The maximum absolute atomic E-state index is 12.4. The lowest BCUT2D eigenvalue weighted by atomic mass is 10.0. The molecule has 0 spiro atoms. The summed E-state index contributed by atoms with van der Waals surface area (Å²) in [4.78, 5) is 4.40. The predicted molar refractivity (Wildman–Crippen MR) is 138 cm³/mol. The number of para-hydroxylation sites is 1. The molecule has 0 saturated heterocycles. The quantitative estimate of drug-likeness (QED) is 0.138. The Bertz CT molecular complexity index is 1460. The fraction of sp³-hybridized carbons (Fsp3) is 0.111. The molecule has 0 aliphatic carbocycles. The number of rotatable bonds is 9. The summed E-state index contributed by atoms with van der Waals surface area (Å²) in [6, 6.07) is 16.0. The van der Waals surface area contributed by atoms with Gasteiger partial charge in [0.25, 0.3) is 0 Å². The average Bonchev–Trinajstić information content (AvgIpc) is 3.27. The van der Waals surface area contributed by atoms with Crippen molar-refractivity contribution in [2.45, 2.75) is 19.6 Å². The first-order chi connectivity index (χ1) is 17.6. The van der Waals surface area contributed by atoms with Crippen LogP contribution in [0.5, 0.6) is 5.75 Å². The number of benzene rings is 3. The molecule has 1 unspecified atom stereocenters. The predicted octanol–water partition coefficient (Wildman–Crippen LogP) is 6.38. The molecule has 1 heterocycles. The SMILES string of the molecule is C=Cc1cccc(C(=C)C)c1NC(O)N/N=C/c1ccc2oc(-c3ccc(OC(F)(F)F)cc3)nc2c1. The van der Waals surface area contributed by atoms with Gasteiger partial charge in [-0.1, -0.05) is 37.4 Å². The van der Waals surface area contributed by atoms with E-state index in [2.05, 4.69) is 38.7 Å². The molecule has 3 aromatic carbocycles. The van der Waals surface area contributed by atoms with Gasteiger partial charge in [-0.3, -0.25) is 5.43 Å². The third-order valence-electron chi connectivity index (χ3n) is 5.21. The minimum absolute atomic E-state index is 0.245. The molecule has 10 heteroatoms. The summed E-state index contributed by atoms with van der Waals surface area (Å²) in [6.07, 6.45) is -2.78. The van der Waals surface area contributed by atoms with Crippen LogP contribution in [0.2, 0.25) is 0 Å². The number of alkyl halides is 3. The first-order valence-corrected chi connectivity index (χ1v) is 11.0. The van der Waals surface area contributed by atoms with Gasteiger partial charge in [0.05, 0.1) is 11.9 Å². The van der Waals surface area contributed by atoms with E-state index in [0.717, 1.165) is 16.7 Å². The van der Waals surface area contributed by atoms with Crippen LogP contribution in [-0.2, 0) is 0 Å². The first-order valence-electron chi connectivity index (χ1n) is 11.0. The second-order valence-corrected chi connectivity index (χ2v) is 8.01. The van der Waals surface area contributed by atoms with Crippen molar-refractivity contribution < 1.29 is 27.4 Å². The summed E-state index contributed by atoms with van der Waals surface area (Å²) in [6.45, 7) is 9.64. The zero-order valence-corrected chi connectivity index (χ0v) is 19.7. The molecule has 3 N–H and O–H groups in total. The number of halogens is 3. The van der Waals surface area contributed by atoms with Crippen LogP contribution in [0.3, 0.4) is 0 Å². The molecule has 0 radical (unpaired) electrons. The van der Waals surface area contributed by atoms with E-state index in [9.17, 15) is 18.3 Å². The molecule has 7 nitrogen and oxygen atoms in total. The Morgan fingerprint density at radius 1 is 1.16 bits per heavy atom. The molecule has 4 aromatic rings. The van der Waals surface area contributed by atoms with E-state index in [0.29, 0.717) is 27.9 Å². The van der Waals surface area contributed by atoms with Crippen molar-refractivity contribution in [3.05, 3.63) is 90.5 Å². The van der Waals surface area contributed by atoms with Crippen LogP contribution >= 0.6 is 0 Å². The Morgan fingerprint density at radius 2 is 1.92 bits per heavy atom. The molecule has 37 heavy (non-hydrogen) atoms. The number of hydrazone groups is 1. The van der Waals surface area contributed by atoms with E-state index in [4.69, 9.17) is 4.42 Å². The van der Waals surface area contributed by atoms with E-state index >= 15 is 0 Å². The minimum atomic E-state index is -4.76. The molecule has 0 amide bonds. The molecule has 1 atom stereocenters. The van der Waals surface area contributed by atoms with Crippen LogP contribution in [0, 0.1) is 0 Å². The van der Waals surface area contributed by atoms with Crippen molar-refractivity contribution in [2.24, 2.45) is 5.10 Å². The molecular formula is C27H23F3N4O3. The number of allylic oxidation sites excluding steroid dienone is 1. The number of nitrogens with zero attached hydrogens (tertiary/aromatic N) is 2. The van der Waals surface area contributed by atoms with Gasteiger partial charge in [0.15, 0.2) is 5.58 Å². The number of fused-ring (bicyclic) bond motifs is 1. The van der Waals surface area contributed by atoms with Gasteiger partial charge < -0.3 is 19.6 Å². The molecule has 0 aliphatic heterocycles. The topological polar surface area (TPSA) is 91.9 Å². The van der Waals surface area contributed by atoms with Crippen molar-refractivity contribution in [3.63, 3.8) is 0 Å². The zero-order chi connectivity index (χ0) is 26.6. The van der Waals surface area contributed by atoms with Gasteiger partial charge >= 0.3 is 6.36 Å². The van der Waals surface area contributed by atoms with E-state index in [1.807, 2.05) is 25.1 Å². The van der Waals surface area contributed by atoms with Gasteiger partial charge in [0, 0.05) is 11.1 Å². The van der Waals surface area contributed by atoms with Crippen LogP contribution in [0.25, 0.3) is 34.2 Å². The summed E-state index contributed by atoms with van der Waals surface area (Å²) >= 11 is 0. The van der Waals surface area contributed by atoms with E-state index in [-0.39, 0.29) is 11.6 Å². The summed E-state index contributed by atoms with van der Waals surface area (Å²) < 4.78 is 46.7. The Labute approximate surface area is 210 Å². The normalized spacial score (nSPS) is 12.5. The lowest BCUT2D eigenvalue weighted by molar-refractivity contribution is -0.274. The van der Waals surface area contributed by atoms with Crippen molar-refractivity contribution in [3.8, 4) is 17.2 Å². The molecule has 190 valence electrons. The van der Waals surface area contributed by atoms with Gasteiger partial charge in [-0.15, -0.1) is 13.2 Å². The van der Waals surface area contributed by atoms with Crippen LogP contribution in [0.15, 0.2) is 83.3 Å². The number of aliphatic hydroxyl groups excluding tert-OH is 1. The van der Waals surface area contributed by atoms with Crippen molar-refractivity contribution in [1.29, 1.82) is 0 Å². The Balaban J connectivity index is 1.44. The summed E-state index contributed by atoms with van der Waals surface area (Å²) in [5, 5.41) is 17.4. The highest BCUT2D eigenvalue weighted by atomic mass is 19.4. The van der Waals surface area contributed by atoms with Crippen LogP contribution < -0.4 is 15.5 Å². The number of hydrogen-bond acceptors (Lipinski definition) is 7. The highest BCUT2D eigenvalue weighted by molar-refractivity contribution is 5.87. The third-order valence-corrected chi connectivity index (χ3v) is 5.21. The molecule has 1 aromatic heterocycles.